The van der Waals surface area contributed by atoms with E-state index in [1.807, 2.05) is 54.6 Å². The normalized spacial score (nSPS) is 11.0. The second-order valence-electron chi connectivity index (χ2n) is 6.98. The Kier molecular flexibility index (Phi) is 6.00. The van der Waals surface area contributed by atoms with E-state index in [-0.39, 0.29) is 12.4 Å². The van der Waals surface area contributed by atoms with E-state index in [1.54, 1.807) is 18.2 Å². The Morgan fingerprint density at radius 2 is 1.77 bits per heavy atom. The van der Waals surface area contributed by atoms with Crippen LogP contribution in [0.4, 0.5) is 0 Å². The summed E-state index contributed by atoms with van der Waals surface area (Å²) in [5, 5.41) is 0.590. The summed E-state index contributed by atoms with van der Waals surface area (Å²) in [5.41, 5.74) is 3.21. The molecule has 0 fully saturated rings. The van der Waals surface area contributed by atoms with Crippen molar-refractivity contribution in [3.63, 3.8) is 0 Å². The van der Waals surface area contributed by atoms with Gasteiger partial charge >= 0.3 is 11.7 Å². The monoisotopic (exact) mass is 421 g/mol. The maximum absolute atomic E-state index is 12.4. The molecule has 152 valence electrons. The van der Waals surface area contributed by atoms with Crippen molar-refractivity contribution in [3.05, 3.63) is 99.5 Å². The fourth-order valence-electron chi connectivity index (χ4n) is 3.38. The summed E-state index contributed by atoms with van der Waals surface area (Å²) in [4.78, 5) is 24.4. The van der Waals surface area contributed by atoms with Crippen LogP contribution in [0.1, 0.15) is 24.0 Å². The number of rotatable bonds is 7. The molecule has 4 rings (SSSR count). The van der Waals surface area contributed by atoms with Gasteiger partial charge < -0.3 is 9.15 Å². The van der Waals surface area contributed by atoms with Crippen LogP contribution >= 0.6 is 11.6 Å². The van der Waals surface area contributed by atoms with E-state index in [2.05, 4.69) is 0 Å². The zero-order chi connectivity index (χ0) is 20.9. The summed E-state index contributed by atoms with van der Waals surface area (Å²) in [6.07, 6.45) is 1.25. The lowest BCUT2D eigenvalue weighted by atomic mass is 10.0. The summed E-state index contributed by atoms with van der Waals surface area (Å²) in [7, 11) is 0. The smallest absolute Gasteiger partial charge is 0.419 e. The van der Waals surface area contributed by atoms with Gasteiger partial charge in [0.25, 0.3) is 0 Å². The number of aryl methyl sites for hydroxylation is 1. The Morgan fingerprint density at radius 1 is 1.00 bits per heavy atom. The van der Waals surface area contributed by atoms with Crippen molar-refractivity contribution in [2.45, 2.75) is 25.8 Å². The second kappa shape index (κ2) is 9.01. The molecule has 4 aromatic rings. The van der Waals surface area contributed by atoms with Crippen molar-refractivity contribution in [1.82, 2.24) is 4.57 Å². The SMILES string of the molecule is O=C(CCCn1c(=O)oc2ccccc21)Oc1ccc(Cl)cc1Cc1ccccc1. The predicted octanol–water partition coefficient (Wildman–Crippen LogP) is 5.22. The molecule has 0 bridgehead atoms. The van der Waals surface area contributed by atoms with Gasteiger partial charge in [0.1, 0.15) is 5.75 Å². The third-order valence-electron chi connectivity index (χ3n) is 4.82. The van der Waals surface area contributed by atoms with Crippen molar-refractivity contribution in [1.29, 1.82) is 0 Å². The van der Waals surface area contributed by atoms with Crippen molar-refractivity contribution in [3.8, 4) is 5.75 Å². The maximum Gasteiger partial charge on any atom is 0.419 e. The topological polar surface area (TPSA) is 61.4 Å². The first-order valence-electron chi connectivity index (χ1n) is 9.71. The molecule has 0 spiro atoms. The number of nitrogens with zero attached hydrogens (tertiary/aromatic N) is 1. The van der Waals surface area contributed by atoms with Crippen molar-refractivity contribution < 1.29 is 13.9 Å². The highest BCUT2D eigenvalue weighted by atomic mass is 35.5. The number of carbonyl (C=O) groups is 1. The van der Waals surface area contributed by atoms with Crippen LogP contribution in [0, 0.1) is 0 Å². The first kappa shape index (κ1) is 20.0. The number of hydrogen-bond donors (Lipinski definition) is 0. The fraction of sp³-hybridized carbons (Fsp3) is 0.167. The first-order chi connectivity index (χ1) is 14.6. The number of halogens is 1. The molecule has 0 aliphatic rings. The summed E-state index contributed by atoms with van der Waals surface area (Å²) in [6, 6.07) is 22.4. The van der Waals surface area contributed by atoms with E-state index >= 15 is 0 Å². The highest BCUT2D eigenvalue weighted by Crippen LogP contribution is 2.26. The molecule has 0 unspecified atom stereocenters. The molecule has 0 aliphatic heterocycles. The molecule has 30 heavy (non-hydrogen) atoms. The molecular weight excluding hydrogens is 402 g/mol. The predicted molar refractivity (Wildman–Crippen MR) is 116 cm³/mol. The molecule has 1 aromatic heterocycles. The molecule has 0 saturated carbocycles. The number of hydrogen-bond acceptors (Lipinski definition) is 4. The van der Waals surface area contributed by atoms with Crippen molar-refractivity contribution in [2.75, 3.05) is 0 Å². The van der Waals surface area contributed by atoms with E-state index in [0.29, 0.717) is 35.7 Å². The number of carbonyl (C=O) groups excluding carboxylic acids is 1. The first-order valence-corrected chi connectivity index (χ1v) is 10.1. The highest BCUT2D eigenvalue weighted by Gasteiger charge is 2.13. The van der Waals surface area contributed by atoms with E-state index in [0.717, 1.165) is 16.6 Å². The Hall–Kier alpha value is -3.31. The molecule has 0 saturated heterocycles. The summed E-state index contributed by atoms with van der Waals surface area (Å²) >= 11 is 6.14. The molecule has 1 heterocycles. The summed E-state index contributed by atoms with van der Waals surface area (Å²) < 4.78 is 12.3. The highest BCUT2D eigenvalue weighted by molar-refractivity contribution is 6.30. The van der Waals surface area contributed by atoms with E-state index in [4.69, 9.17) is 20.8 Å². The molecule has 0 aliphatic carbocycles. The van der Waals surface area contributed by atoms with Gasteiger partial charge in [0.05, 0.1) is 5.52 Å². The van der Waals surface area contributed by atoms with Gasteiger partial charge in [-0.15, -0.1) is 0 Å². The minimum absolute atomic E-state index is 0.180. The van der Waals surface area contributed by atoms with Gasteiger partial charge in [0.15, 0.2) is 5.58 Å². The van der Waals surface area contributed by atoms with Gasteiger partial charge in [0.2, 0.25) is 0 Å². The molecule has 5 nitrogen and oxygen atoms in total. The number of benzene rings is 3. The van der Waals surface area contributed by atoms with Gasteiger partial charge in [-0.25, -0.2) is 4.79 Å². The zero-order valence-corrected chi connectivity index (χ0v) is 17.0. The van der Waals surface area contributed by atoms with Gasteiger partial charge in [-0.2, -0.15) is 0 Å². The largest absolute Gasteiger partial charge is 0.426 e. The standard InChI is InChI=1S/C24H20ClNO4/c25-19-12-13-21(18(16-19)15-17-7-2-1-3-8-17)29-23(27)11-6-14-26-20-9-4-5-10-22(20)30-24(26)28/h1-5,7-10,12-13,16H,6,11,14-15H2. The average Bonchev–Trinajstić information content (AvgIpc) is 3.06. The van der Waals surface area contributed by atoms with Crippen molar-refractivity contribution >= 4 is 28.7 Å². The van der Waals surface area contributed by atoms with Crippen LogP contribution in [0.3, 0.4) is 0 Å². The number of aromatic nitrogens is 1. The molecule has 0 radical (unpaired) electrons. The van der Waals surface area contributed by atoms with Crippen LogP contribution in [-0.2, 0) is 17.8 Å². The lowest BCUT2D eigenvalue weighted by molar-refractivity contribution is -0.134. The summed E-state index contributed by atoms with van der Waals surface area (Å²) in [5.74, 6) is -0.279. The van der Waals surface area contributed by atoms with Crippen molar-refractivity contribution in [2.24, 2.45) is 0 Å². The van der Waals surface area contributed by atoms with E-state index in [1.165, 1.54) is 4.57 Å². The molecule has 0 amide bonds. The van der Waals surface area contributed by atoms with Gasteiger partial charge in [0, 0.05) is 30.0 Å². The van der Waals surface area contributed by atoms with Gasteiger partial charge in [-0.1, -0.05) is 54.1 Å². The van der Waals surface area contributed by atoms with Crippen LogP contribution in [0.2, 0.25) is 5.02 Å². The average molecular weight is 422 g/mol. The quantitative estimate of drug-likeness (QED) is 0.303. The molecule has 6 heteroatoms. The van der Waals surface area contributed by atoms with E-state index in [9.17, 15) is 9.59 Å². The van der Waals surface area contributed by atoms with Gasteiger partial charge in [-0.05, 0) is 42.3 Å². The Morgan fingerprint density at radius 3 is 2.60 bits per heavy atom. The number of oxazole rings is 1. The number of ether oxygens (including phenoxy) is 1. The second-order valence-corrected chi connectivity index (χ2v) is 7.42. The Bertz CT molecular complexity index is 1230. The fourth-order valence-corrected chi connectivity index (χ4v) is 3.58. The van der Waals surface area contributed by atoms with Crippen LogP contribution < -0.4 is 10.5 Å². The number of fused-ring (bicyclic) bond motifs is 1. The third-order valence-corrected chi connectivity index (χ3v) is 5.06. The minimum atomic E-state index is -0.424. The van der Waals surface area contributed by atoms with Crippen LogP contribution in [0.5, 0.6) is 5.75 Å². The lowest BCUT2D eigenvalue weighted by Crippen LogP contribution is -2.16. The number of esters is 1. The Labute approximate surface area is 178 Å². The molecule has 0 atom stereocenters. The minimum Gasteiger partial charge on any atom is -0.426 e. The number of para-hydroxylation sites is 2. The Balaban J connectivity index is 1.40. The van der Waals surface area contributed by atoms with Gasteiger partial charge in [-0.3, -0.25) is 9.36 Å². The van der Waals surface area contributed by atoms with Crippen LogP contribution in [0.25, 0.3) is 11.1 Å². The third kappa shape index (κ3) is 4.63. The zero-order valence-electron chi connectivity index (χ0n) is 16.2. The lowest BCUT2D eigenvalue weighted by Gasteiger charge is -2.11. The molecule has 0 N–H and O–H groups in total. The molecule has 3 aromatic carbocycles. The van der Waals surface area contributed by atoms with Crippen LogP contribution in [0.15, 0.2) is 82.0 Å². The molecular formula is C24H20ClNO4. The van der Waals surface area contributed by atoms with E-state index < -0.39 is 5.76 Å². The maximum atomic E-state index is 12.4. The van der Waals surface area contributed by atoms with Crippen LogP contribution in [-0.4, -0.2) is 10.5 Å². The summed E-state index contributed by atoms with van der Waals surface area (Å²) in [6.45, 7) is 0.377.